The van der Waals surface area contributed by atoms with Gasteiger partial charge in [0.05, 0.1) is 11.7 Å². The standard InChI is InChI=1S/C20H16ClNO/c21-13-17-12-16-11-10-14-6-4-5-9-18(14)19(16)22(17)20(23)15-7-2-1-3-8-15/h1-11,17H,12-13H2. The maximum atomic E-state index is 13.1. The van der Waals surface area contributed by atoms with Crippen LogP contribution in [0.5, 0.6) is 0 Å². The van der Waals surface area contributed by atoms with Crippen molar-refractivity contribution in [3.63, 3.8) is 0 Å². The van der Waals surface area contributed by atoms with Crippen LogP contribution >= 0.6 is 11.6 Å². The Hall–Kier alpha value is -2.32. The zero-order valence-electron chi connectivity index (χ0n) is 12.6. The summed E-state index contributed by atoms with van der Waals surface area (Å²) in [6, 6.07) is 21.9. The second kappa shape index (κ2) is 5.71. The van der Waals surface area contributed by atoms with E-state index in [1.165, 1.54) is 5.56 Å². The smallest absolute Gasteiger partial charge is 0.258 e. The molecule has 0 aromatic heterocycles. The number of fused-ring (bicyclic) bond motifs is 3. The van der Waals surface area contributed by atoms with Gasteiger partial charge in [0.2, 0.25) is 0 Å². The number of halogens is 1. The van der Waals surface area contributed by atoms with Crippen molar-refractivity contribution in [1.82, 2.24) is 0 Å². The van der Waals surface area contributed by atoms with Crippen molar-refractivity contribution in [1.29, 1.82) is 0 Å². The maximum absolute atomic E-state index is 13.1. The molecule has 1 amide bonds. The van der Waals surface area contributed by atoms with Crippen molar-refractivity contribution >= 4 is 34.0 Å². The summed E-state index contributed by atoms with van der Waals surface area (Å²) >= 11 is 6.18. The molecule has 0 bridgehead atoms. The molecule has 2 nitrogen and oxygen atoms in total. The van der Waals surface area contributed by atoms with Gasteiger partial charge in [-0.05, 0) is 29.5 Å². The summed E-state index contributed by atoms with van der Waals surface area (Å²) in [5.41, 5.74) is 2.91. The summed E-state index contributed by atoms with van der Waals surface area (Å²) in [6.45, 7) is 0. The fraction of sp³-hybridized carbons (Fsp3) is 0.150. The van der Waals surface area contributed by atoms with Gasteiger partial charge in [-0.2, -0.15) is 0 Å². The van der Waals surface area contributed by atoms with E-state index < -0.39 is 0 Å². The average molecular weight is 322 g/mol. The van der Waals surface area contributed by atoms with Crippen LogP contribution in [0.2, 0.25) is 0 Å². The number of anilines is 1. The number of hydrogen-bond acceptors (Lipinski definition) is 1. The summed E-state index contributed by atoms with van der Waals surface area (Å²) < 4.78 is 0. The SMILES string of the molecule is O=C(c1ccccc1)N1c2c(ccc3ccccc23)CC1CCl. The predicted molar refractivity (Wildman–Crippen MR) is 95.4 cm³/mol. The van der Waals surface area contributed by atoms with Gasteiger partial charge in [0.15, 0.2) is 0 Å². The Labute approximate surface area is 140 Å². The van der Waals surface area contributed by atoms with Crippen LogP contribution < -0.4 is 4.90 Å². The molecular weight excluding hydrogens is 306 g/mol. The van der Waals surface area contributed by atoms with E-state index in [0.29, 0.717) is 11.4 Å². The Balaban J connectivity index is 1.90. The lowest BCUT2D eigenvalue weighted by Gasteiger charge is -2.25. The van der Waals surface area contributed by atoms with Gasteiger partial charge < -0.3 is 4.90 Å². The molecule has 23 heavy (non-hydrogen) atoms. The zero-order chi connectivity index (χ0) is 15.8. The van der Waals surface area contributed by atoms with Gasteiger partial charge in [0, 0.05) is 16.8 Å². The van der Waals surface area contributed by atoms with Crippen LogP contribution in [0.15, 0.2) is 66.7 Å². The van der Waals surface area contributed by atoms with Crippen molar-refractivity contribution < 1.29 is 4.79 Å². The van der Waals surface area contributed by atoms with Gasteiger partial charge >= 0.3 is 0 Å². The molecule has 3 heteroatoms. The molecule has 1 atom stereocenters. The lowest BCUT2D eigenvalue weighted by atomic mass is 10.0. The molecule has 0 N–H and O–H groups in total. The van der Waals surface area contributed by atoms with Crippen molar-refractivity contribution in [3.8, 4) is 0 Å². The molecule has 0 radical (unpaired) electrons. The van der Waals surface area contributed by atoms with Crippen molar-refractivity contribution in [2.24, 2.45) is 0 Å². The van der Waals surface area contributed by atoms with Gasteiger partial charge in [0.25, 0.3) is 5.91 Å². The molecule has 0 spiro atoms. The van der Waals surface area contributed by atoms with Crippen LogP contribution in [-0.4, -0.2) is 17.8 Å². The fourth-order valence-electron chi connectivity index (χ4n) is 3.39. The molecular formula is C20H16ClNO. The predicted octanol–water partition coefficient (Wildman–Crippen LogP) is 4.65. The maximum Gasteiger partial charge on any atom is 0.258 e. The van der Waals surface area contributed by atoms with E-state index in [1.54, 1.807) is 0 Å². The summed E-state index contributed by atoms with van der Waals surface area (Å²) in [6.07, 6.45) is 0.808. The van der Waals surface area contributed by atoms with Gasteiger partial charge in [-0.1, -0.05) is 54.6 Å². The third-order valence-corrected chi connectivity index (χ3v) is 4.82. The molecule has 0 saturated heterocycles. The number of carbonyl (C=O) groups is 1. The number of hydrogen-bond donors (Lipinski definition) is 0. The largest absolute Gasteiger partial charge is 0.303 e. The Bertz CT molecular complexity index is 875. The number of rotatable bonds is 2. The van der Waals surface area contributed by atoms with E-state index in [4.69, 9.17) is 11.6 Å². The number of nitrogens with zero attached hydrogens (tertiary/aromatic N) is 1. The molecule has 1 aliphatic heterocycles. The average Bonchev–Trinajstić information content (AvgIpc) is 3.01. The summed E-state index contributed by atoms with van der Waals surface area (Å²) in [7, 11) is 0. The first-order valence-corrected chi connectivity index (χ1v) is 8.28. The Morgan fingerprint density at radius 2 is 1.74 bits per heavy atom. The van der Waals surface area contributed by atoms with E-state index in [9.17, 15) is 4.79 Å². The van der Waals surface area contributed by atoms with E-state index in [2.05, 4.69) is 24.3 Å². The van der Waals surface area contributed by atoms with Crippen LogP contribution in [-0.2, 0) is 6.42 Å². The normalized spacial score (nSPS) is 16.6. The first-order valence-electron chi connectivity index (χ1n) is 7.75. The molecule has 0 saturated carbocycles. The highest BCUT2D eigenvalue weighted by atomic mass is 35.5. The Morgan fingerprint density at radius 3 is 2.52 bits per heavy atom. The van der Waals surface area contributed by atoms with Crippen LogP contribution in [0.3, 0.4) is 0 Å². The highest BCUT2D eigenvalue weighted by Gasteiger charge is 2.34. The summed E-state index contributed by atoms with van der Waals surface area (Å²) in [5, 5.41) is 2.26. The molecule has 1 unspecified atom stereocenters. The highest BCUT2D eigenvalue weighted by molar-refractivity contribution is 6.20. The van der Waals surface area contributed by atoms with Crippen molar-refractivity contribution in [3.05, 3.63) is 77.9 Å². The molecule has 3 aromatic carbocycles. The minimum absolute atomic E-state index is 0.00480. The Morgan fingerprint density at radius 1 is 1.00 bits per heavy atom. The minimum atomic E-state index is 0.00480. The van der Waals surface area contributed by atoms with Gasteiger partial charge in [-0.15, -0.1) is 11.6 Å². The third kappa shape index (κ3) is 2.30. The van der Waals surface area contributed by atoms with Gasteiger partial charge in [-0.25, -0.2) is 0 Å². The lowest BCUT2D eigenvalue weighted by Crippen LogP contribution is -2.39. The minimum Gasteiger partial charge on any atom is -0.303 e. The first-order chi connectivity index (χ1) is 11.3. The van der Waals surface area contributed by atoms with Crippen LogP contribution in [0.4, 0.5) is 5.69 Å². The van der Waals surface area contributed by atoms with E-state index >= 15 is 0 Å². The molecule has 1 aliphatic rings. The first kappa shape index (κ1) is 14.3. The second-order valence-electron chi connectivity index (χ2n) is 5.85. The second-order valence-corrected chi connectivity index (χ2v) is 6.16. The number of benzene rings is 3. The molecule has 4 rings (SSSR count). The topological polar surface area (TPSA) is 20.3 Å². The quantitative estimate of drug-likeness (QED) is 0.629. The molecule has 3 aromatic rings. The van der Waals surface area contributed by atoms with E-state index in [-0.39, 0.29) is 11.9 Å². The van der Waals surface area contributed by atoms with Crippen molar-refractivity contribution in [2.45, 2.75) is 12.5 Å². The number of carbonyl (C=O) groups excluding carboxylic acids is 1. The van der Waals surface area contributed by atoms with Gasteiger partial charge in [0.1, 0.15) is 0 Å². The zero-order valence-corrected chi connectivity index (χ0v) is 13.3. The van der Waals surface area contributed by atoms with Crippen LogP contribution in [0, 0.1) is 0 Å². The Kier molecular flexibility index (Phi) is 3.55. The summed E-state index contributed by atoms with van der Waals surface area (Å²) in [4.78, 5) is 15.0. The number of amides is 1. The lowest BCUT2D eigenvalue weighted by molar-refractivity contribution is 0.0982. The molecule has 114 valence electrons. The van der Waals surface area contributed by atoms with Crippen LogP contribution in [0.1, 0.15) is 15.9 Å². The molecule has 0 aliphatic carbocycles. The fourth-order valence-corrected chi connectivity index (χ4v) is 3.64. The summed E-state index contributed by atoms with van der Waals surface area (Å²) in [5.74, 6) is 0.452. The van der Waals surface area contributed by atoms with E-state index in [0.717, 1.165) is 22.9 Å². The number of alkyl halides is 1. The monoisotopic (exact) mass is 321 g/mol. The third-order valence-electron chi connectivity index (χ3n) is 4.46. The van der Waals surface area contributed by atoms with Gasteiger partial charge in [-0.3, -0.25) is 4.79 Å². The molecule has 0 fully saturated rings. The van der Waals surface area contributed by atoms with E-state index in [1.807, 2.05) is 47.4 Å². The highest BCUT2D eigenvalue weighted by Crippen LogP contribution is 2.39. The van der Waals surface area contributed by atoms with Crippen LogP contribution in [0.25, 0.3) is 10.8 Å². The molecule has 1 heterocycles. The van der Waals surface area contributed by atoms with Crippen molar-refractivity contribution in [2.75, 3.05) is 10.8 Å².